The van der Waals surface area contributed by atoms with Crippen molar-refractivity contribution in [1.82, 2.24) is 4.90 Å². The summed E-state index contributed by atoms with van der Waals surface area (Å²) in [5.41, 5.74) is 2.00. The van der Waals surface area contributed by atoms with Gasteiger partial charge < -0.3 is 9.64 Å². The Morgan fingerprint density at radius 3 is 2.17 bits per heavy atom. The van der Waals surface area contributed by atoms with Crippen molar-refractivity contribution < 1.29 is 14.3 Å². The number of hydrogen-bond donors (Lipinski definition) is 0. The van der Waals surface area contributed by atoms with Crippen LogP contribution < -0.4 is 0 Å². The van der Waals surface area contributed by atoms with Crippen molar-refractivity contribution in [2.45, 2.75) is 13.0 Å². The summed E-state index contributed by atoms with van der Waals surface area (Å²) in [5, 5.41) is 0.957. The Kier molecular flexibility index (Phi) is 6.23. The highest BCUT2D eigenvalue weighted by Crippen LogP contribution is 2.25. The van der Waals surface area contributed by atoms with Gasteiger partial charge in [0, 0.05) is 23.6 Å². The summed E-state index contributed by atoms with van der Waals surface area (Å²) in [4.78, 5) is 25.4. The molecule has 0 atom stereocenters. The molecule has 0 radical (unpaired) electrons. The molecule has 0 aromatic heterocycles. The molecule has 126 valence electrons. The SMILES string of the molecule is COC(=O)c1ccc(CN(C)C(=O)Cc2c(Cl)cccc2Cl)cc1. The fraction of sp³-hybridized carbons (Fsp3) is 0.222. The number of esters is 1. The van der Waals surface area contributed by atoms with Crippen molar-refractivity contribution in [2.75, 3.05) is 14.2 Å². The number of nitrogens with zero attached hydrogens (tertiary/aromatic N) is 1. The van der Waals surface area contributed by atoms with E-state index < -0.39 is 0 Å². The maximum absolute atomic E-state index is 12.4. The van der Waals surface area contributed by atoms with Crippen molar-refractivity contribution in [3.05, 3.63) is 69.2 Å². The number of ether oxygens (including phenoxy) is 1. The molecule has 2 aromatic rings. The van der Waals surface area contributed by atoms with E-state index in [0.717, 1.165) is 5.56 Å². The van der Waals surface area contributed by atoms with Crippen molar-refractivity contribution in [1.29, 1.82) is 0 Å². The second-order valence-electron chi connectivity index (χ2n) is 5.32. The van der Waals surface area contributed by atoms with Crippen molar-refractivity contribution >= 4 is 35.1 Å². The average molecular weight is 366 g/mol. The topological polar surface area (TPSA) is 46.6 Å². The van der Waals surface area contributed by atoms with Crippen LogP contribution in [0, 0.1) is 0 Å². The van der Waals surface area contributed by atoms with Gasteiger partial charge in [0.2, 0.25) is 5.91 Å². The molecular weight excluding hydrogens is 349 g/mol. The van der Waals surface area contributed by atoms with Gasteiger partial charge in [-0.1, -0.05) is 41.4 Å². The standard InChI is InChI=1S/C18H17Cl2NO3/c1-21(11-12-6-8-13(9-7-12)18(23)24-2)17(22)10-14-15(19)4-3-5-16(14)20/h3-9H,10-11H2,1-2H3. The van der Waals surface area contributed by atoms with Gasteiger partial charge in [-0.2, -0.15) is 0 Å². The third-order valence-corrected chi connectivity index (χ3v) is 4.32. The first-order valence-corrected chi connectivity index (χ1v) is 8.02. The molecule has 1 amide bonds. The highest BCUT2D eigenvalue weighted by molar-refractivity contribution is 6.36. The van der Waals surface area contributed by atoms with E-state index in [4.69, 9.17) is 23.2 Å². The van der Waals surface area contributed by atoms with Crippen molar-refractivity contribution in [2.24, 2.45) is 0 Å². The van der Waals surface area contributed by atoms with Gasteiger partial charge in [0.1, 0.15) is 0 Å². The van der Waals surface area contributed by atoms with E-state index >= 15 is 0 Å². The summed E-state index contributed by atoms with van der Waals surface area (Å²) in [6, 6.07) is 12.1. The van der Waals surface area contributed by atoms with Crippen LogP contribution in [-0.4, -0.2) is 30.9 Å². The third-order valence-electron chi connectivity index (χ3n) is 3.61. The van der Waals surface area contributed by atoms with Gasteiger partial charge >= 0.3 is 5.97 Å². The Bertz CT molecular complexity index is 724. The normalized spacial score (nSPS) is 10.3. The number of carbonyl (C=O) groups is 2. The minimum atomic E-state index is -0.389. The summed E-state index contributed by atoms with van der Waals surface area (Å²) < 4.78 is 4.66. The first kappa shape index (κ1) is 18.3. The molecule has 0 unspecified atom stereocenters. The number of likely N-dealkylation sites (N-methyl/N-ethyl adjacent to an activating group) is 1. The monoisotopic (exact) mass is 365 g/mol. The van der Waals surface area contributed by atoms with Gasteiger partial charge in [0.15, 0.2) is 0 Å². The predicted molar refractivity (Wildman–Crippen MR) is 94.4 cm³/mol. The molecule has 0 N–H and O–H groups in total. The Morgan fingerprint density at radius 2 is 1.62 bits per heavy atom. The van der Waals surface area contributed by atoms with Crippen LogP contribution in [0.3, 0.4) is 0 Å². The van der Waals surface area contributed by atoms with Gasteiger partial charge in [-0.05, 0) is 35.4 Å². The highest BCUT2D eigenvalue weighted by Gasteiger charge is 2.15. The molecule has 0 saturated carbocycles. The molecule has 0 aliphatic heterocycles. The number of halogens is 2. The lowest BCUT2D eigenvalue weighted by atomic mass is 10.1. The summed E-state index contributed by atoms with van der Waals surface area (Å²) in [6.45, 7) is 0.419. The van der Waals surface area contributed by atoms with Crippen LogP contribution in [0.2, 0.25) is 10.0 Å². The van der Waals surface area contributed by atoms with E-state index in [1.54, 1.807) is 54.4 Å². The van der Waals surface area contributed by atoms with E-state index in [2.05, 4.69) is 4.74 Å². The molecule has 0 spiro atoms. The molecule has 6 heteroatoms. The lowest BCUT2D eigenvalue weighted by Crippen LogP contribution is -2.27. The minimum Gasteiger partial charge on any atom is -0.465 e. The fourth-order valence-electron chi connectivity index (χ4n) is 2.21. The second kappa shape index (κ2) is 8.18. The van der Waals surface area contributed by atoms with Crippen LogP contribution >= 0.6 is 23.2 Å². The summed E-state index contributed by atoms with van der Waals surface area (Å²) >= 11 is 12.2. The number of benzene rings is 2. The van der Waals surface area contributed by atoms with Gasteiger partial charge in [-0.25, -0.2) is 4.79 Å². The smallest absolute Gasteiger partial charge is 0.337 e. The minimum absolute atomic E-state index is 0.0953. The van der Waals surface area contributed by atoms with E-state index in [9.17, 15) is 9.59 Å². The maximum atomic E-state index is 12.4. The van der Waals surface area contributed by atoms with Gasteiger partial charge in [-0.3, -0.25) is 4.79 Å². The Labute approximate surface area is 150 Å². The van der Waals surface area contributed by atoms with E-state index in [1.165, 1.54) is 7.11 Å². The zero-order valence-electron chi connectivity index (χ0n) is 13.4. The zero-order chi connectivity index (χ0) is 17.7. The maximum Gasteiger partial charge on any atom is 0.337 e. The molecule has 4 nitrogen and oxygen atoms in total. The molecule has 0 saturated heterocycles. The largest absolute Gasteiger partial charge is 0.465 e. The molecule has 0 bridgehead atoms. The van der Waals surface area contributed by atoms with E-state index in [0.29, 0.717) is 27.7 Å². The number of rotatable bonds is 5. The Morgan fingerprint density at radius 1 is 1.04 bits per heavy atom. The Hall–Kier alpha value is -2.04. The van der Waals surface area contributed by atoms with Crippen molar-refractivity contribution in [3.63, 3.8) is 0 Å². The molecule has 24 heavy (non-hydrogen) atoms. The quantitative estimate of drug-likeness (QED) is 0.752. The number of methoxy groups -OCH3 is 1. The lowest BCUT2D eigenvalue weighted by molar-refractivity contribution is -0.129. The van der Waals surface area contributed by atoms with Crippen LogP contribution in [-0.2, 0) is 22.5 Å². The highest BCUT2D eigenvalue weighted by atomic mass is 35.5. The summed E-state index contributed by atoms with van der Waals surface area (Å²) in [5.74, 6) is -0.485. The van der Waals surface area contributed by atoms with E-state index in [1.807, 2.05) is 0 Å². The van der Waals surface area contributed by atoms with E-state index in [-0.39, 0.29) is 18.3 Å². The molecule has 2 rings (SSSR count). The molecule has 0 aliphatic carbocycles. The molecular formula is C18H17Cl2NO3. The van der Waals surface area contributed by atoms with Crippen LogP contribution in [0.4, 0.5) is 0 Å². The average Bonchev–Trinajstić information content (AvgIpc) is 2.58. The summed E-state index contributed by atoms with van der Waals surface area (Å²) in [7, 11) is 3.05. The molecule has 0 fully saturated rings. The van der Waals surface area contributed by atoms with Crippen LogP contribution in [0.15, 0.2) is 42.5 Å². The first-order chi connectivity index (χ1) is 11.4. The van der Waals surface area contributed by atoms with Crippen LogP contribution in [0.5, 0.6) is 0 Å². The number of amides is 1. The number of hydrogen-bond acceptors (Lipinski definition) is 3. The Balaban J connectivity index is 2.02. The third kappa shape index (κ3) is 4.49. The van der Waals surface area contributed by atoms with Gasteiger partial charge in [0.05, 0.1) is 19.1 Å². The lowest BCUT2D eigenvalue weighted by Gasteiger charge is -2.18. The molecule has 2 aromatic carbocycles. The van der Waals surface area contributed by atoms with Crippen molar-refractivity contribution in [3.8, 4) is 0 Å². The zero-order valence-corrected chi connectivity index (χ0v) is 14.9. The van der Waals surface area contributed by atoms with Crippen LogP contribution in [0.25, 0.3) is 0 Å². The molecule has 0 aliphatic rings. The van der Waals surface area contributed by atoms with Crippen LogP contribution in [0.1, 0.15) is 21.5 Å². The second-order valence-corrected chi connectivity index (χ2v) is 6.13. The number of carbonyl (C=O) groups excluding carboxylic acids is 2. The van der Waals surface area contributed by atoms with Gasteiger partial charge in [0.25, 0.3) is 0 Å². The predicted octanol–water partition coefficient (Wildman–Crippen LogP) is 3.98. The van der Waals surface area contributed by atoms with Gasteiger partial charge in [-0.15, -0.1) is 0 Å². The summed E-state index contributed by atoms with van der Waals surface area (Å²) in [6.07, 6.45) is 0.134. The fourth-order valence-corrected chi connectivity index (χ4v) is 2.74. The first-order valence-electron chi connectivity index (χ1n) is 7.26. The molecule has 0 heterocycles.